The summed E-state index contributed by atoms with van der Waals surface area (Å²) in [5.74, 6) is 0.219. The van der Waals surface area contributed by atoms with Crippen LogP contribution in [-0.4, -0.2) is 4.90 Å². The third kappa shape index (κ3) is 4.92. The molecule has 0 amide bonds. The van der Waals surface area contributed by atoms with E-state index in [0.717, 1.165) is 0 Å². The summed E-state index contributed by atoms with van der Waals surface area (Å²) < 4.78 is 0. The summed E-state index contributed by atoms with van der Waals surface area (Å²) in [5.41, 5.74) is 4.21. The monoisotopic (exact) mass is 552 g/mol. The lowest BCUT2D eigenvalue weighted by molar-refractivity contribution is 0.755. The van der Waals surface area contributed by atoms with Crippen LogP contribution >= 0.6 is 15.8 Å². The highest BCUT2D eigenvalue weighted by Crippen LogP contribution is 2.73. The highest BCUT2D eigenvalue weighted by Gasteiger charge is 2.53. The molecule has 1 atom stereocenters. The van der Waals surface area contributed by atoms with Gasteiger partial charge < -0.3 is 0 Å². The molecule has 0 nitrogen and oxygen atoms in total. The molecule has 0 aromatic heterocycles. The second-order valence-corrected chi connectivity index (χ2v) is 15.6. The molecule has 0 N–H and O–H groups in total. The molecular weight excluding hydrogens is 518 g/mol. The van der Waals surface area contributed by atoms with E-state index in [4.69, 9.17) is 0 Å². The van der Waals surface area contributed by atoms with Gasteiger partial charge in [0, 0.05) is 5.92 Å². The maximum Gasteiger partial charge on any atom is 0.0554 e. The smallest absolute Gasteiger partial charge is 0.0554 e. The maximum absolute atomic E-state index is 2.61. The van der Waals surface area contributed by atoms with E-state index < -0.39 is 15.8 Å². The van der Waals surface area contributed by atoms with Crippen molar-refractivity contribution in [1.29, 1.82) is 0 Å². The van der Waals surface area contributed by atoms with Crippen LogP contribution in [0.4, 0.5) is 0 Å². The molecule has 0 bridgehead atoms. The Morgan fingerprint density at radius 1 is 0.475 bits per heavy atom. The van der Waals surface area contributed by atoms with Crippen molar-refractivity contribution in [3.8, 4) is 0 Å². The molecule has 2 heteroatoms. The normalized spacial score (nSPS) is 16.2. The van der Waals surface area contributed by atoms with Gasteiger partial charge >= 0.3 is 0 Å². The second kappa shape index (κ2) is 11.9. The third-order valence-corrected chi connectivity index (χ3v) is 14.6. The van der Waals surface area contributed by atoms with Crippen LogP contribution in [0.25, 0.3) is 0 Å². The van der Waals surface area contributed by atoms with Crippen LogP contribution in [-0.2, 0) is 0 Å². The van der Waals surface area contributed by atoms with Gasteiger partial charge in [-0.15, -0.1) is 0 Å². The Balaban J connectivity index is 1.77. The fourth-order valence-electron chi connectivity index (χ4n) is 6.19. The standard InChI is InChI=1S/C38H34P2/c1-30-18-15-16-28-36(30)37-31(2)19-17-29-38(37,39(32-20-7-3-8-21-32)33-22-9-4-10-23-33)40(34-24-11-5-12-25-34)35-26-13-6-14-27-35/h3-29,37H,1-2H3. The summed E-state index contributed by atoms with van der Waals surface area (Å²) in [4.78, 5) is -0.207. The first-order chi connectivity index (χ1) is 19.7. The van der Waals surface area contributed by atoms with Crippen LogP contribution in [0.2, 0.25) is 0 Å². The van der Waals surface area contributed by atoms with Gasteiger partial charge in [-0.25, -0.2) is 0 Å². The molecule has 0 saturated heterocycles. The minimum Gasteiger partial charge on any atom is -0.0676 e. The van der Waals surface area contributed by atoms with Crippen molar-refractivity contribution in [2.24, 2.45) is 0 Å². The predicted molar refractivity (Wildman–Crippen MR) is 178 cm³/mol. The van der Waals surface area contributed by atoms with Crippen molar-refractivity contribution in [1.82, 2.24) is 0 Å². The molecule has 40 heavy (non-hydrogen) atoms. The number of hydrogen-bond acceptors (Lipinski definition) is 0. The molecule has 5 aromatic rings. The Labute approximate surface area is 241 Å². The minimum absolute atomic E-state index is 0.207. The zero-order valence-corrected chi connectivity index (χ0v) is 24.8. The third-order valence-electron chi connectivity index (χ3n) is 7.85. The van der Waals surface area contributed by atoms with Crippen LogP contribution in [0.15, 0.2) is 169 Å². The zero-order chi connectivity index (χ0) is 27.4. The average molecular weight is 553 g/mol. The Morgan fingerprint density at radius 3 is 1.25 bits per heavy atom. The van der Waals surface area contributed by atoms with Crippen LogP contribution in [0.5, 0.6) is 0 Å². The number of hydrogen-bond donors (Lipinski definition) is 0. The fourth-order valence-corrected chi connectivity index (χ4v) is 14.2. The first kappa shape index (κ1) is 26.7. The van der Waals surface area contributed by atoms with Gasteiger partial charge in [-0.3, -0.25) is 0 Å². The molecule has 0 radical (unpaired) electrons. The van der Waals surface area contributed by atoms with Gasteiger partial charge in [-0.2, -0.15) is 0 Å². The van der Waals surface area contributed by atoms with E-state index in [-0.39, 0.29) is 10.8 Å². The molecule has 6 rings (SSSR count). The van der Waals surface area contributed by atoms with Crippen LogP contribution < -0.4 is 21.2 Å². The Hall–Kier alpha value is -3.56. The first-order valence-electron chi connectivity index (χ1n) is 13.9. The quantitative estimate of drug-likeness (QED) is 0.178. The highest BCUT2D eigenvalue weighted by atomic mass is 31.2. The summed E-state index contributed by atoms with van der Waals surface area (Å²) in [6.07, 6.45) is 7.31. The molecule has 1 aliphatic rings. The SMILES string of the molecule is CC1=CC=CC(P(c2ccccc2)c2ccccc2)(P(c2ccccc2)c2ccccc2)C1c1ccccc1C. The van der Waals surface area contributed by atoms with Crippen LogP contribution in [0.1, 0.15) is 24.0 Å². The second-order valence-electron chi connectivity index (χ2n) is 10.4. The number of allylic oxidation sites excluding steroid dienone is 4. The van der Waals surface area contributed by atoms with Crippen molar-refractivity contribution >= 4 is 37.1 Å². The lowest BCUT2D eigenvalue weighted by atomic mass is 9.83. The van der Waals surface area contributed by atoms with Gasteiger partial charge in [0.25, 0.3) is 0 Å². The molecule has 1 unspecified atom stereocenters. The highest BCUT2D eigenvalue weighted by molar-refractivity contribution is 7.91. The molecule has 5 aromatic carbocycles. The molecular formula is C38H34P2. The number of aryl methyl sites for hydroxylation is 1. The molecule has 196 valence electrons. The lowest BCUT2D eigenvalue weighted by Gasteiger charge is -2.52. The molecule has 0 spiro atoms. The minimum atomic E-state index is -0.841. The first-order valence-corrected chi connectivity index (χ1v) is 16.6. The van der Waals surface area contributed by atoms with Crippen LogP contribution in [0.3, 0.4) is 0 Å². The van der Waals surface area contributed by atoms with Crippen molar-refractivity contribution < 1.29 is 0 Å². The topological polar surface area (TPSA) is 0 Å². The molecule has 0 aliphatic heterocycles. The summed E-state index contributed by atoms with van der Waals surface area (Å²) in [5, 5.41) is 5.67. The largest absolute Gasteiger partial charge is 0.0676 e. The van der Waals surface area contributed by atoms with Gasteiger partial charge in [0.2, 0.25) is 0 Å². The van der Waals surface area contributed by atoms with E-state index in [0.29, 0.717) is 0 Å². The van der Waals surface area contributed by atoms with Crippen molar-refractivity contribution in [3.05, 3.63) is 181 Å². The van der Waals surface area contributed by atoms with Gasteiger partial charge in [0.05, 0.1) is 4.90 Å². The maximum atomic E-state index is 2.61. The predicted octanol–water partition coefficient (Wildman–Crippen LogP) is 8.56. The van der Waals surface area contributed by atoms with Gasteiger partial charge in [-0.1, -0.05) is 169 Å². The van der Waals surface area contributed by atoms with E-state index in [1.54, 1.807) is 0 Å². The molecule has 0 fully saturated rings. The van der Waals surface area contributed by atoms with E-state index in [9.17, 15) is 0 Å². The van der Waals surface area contributed by atoms with E-state index in [2.05, 4.69) is 178 Å². The van der Waals surface area contributed by atoms with Crippen molar-refractivity contribution in [2.75, 3.05) is 0 Å². The van der Waals surface area contributed by atoms with Gasteiger partial charge in [-0.05, 0) is 62.0 Å². The summed E-state index contributed by atoms with van der Waals surface area (Å²) in [6.45, 7) is 4.63. The lowest BCUT2D eigenvalue weighted by Crippen LogP contribution is -2.44. The molecule has 0 saturated carbocycles. The van der Waals surface area contributed by atoms with Gasteiger partial charge in [0.15, 0.2) is 0 Å². The number of benzene rings is 5. The summed E-state index contributed by atoms with van der Waals surface area (Å²) >= 11 is 0. The Bertz CT molecular complexity index is 1440. The van der Waals surface area contributed by atoms with E-state index in [1.807, 2.05) is 0 Å². The van der Waals surface area contributed by atoms with Crippen LogP contribution in [0, 0.1) is 6.92 Å². The summed E-state index contributed by atoms with van der Waals surface area (Å²) in [6, 6.07) is 54.2. The molecule has 1 aliphatic carbocycles. The number of rotatable bonds is 7. The van der Waals surface area contributed by atoms with Crippen molar-refractivity contribution in [2.45, 2.75) is 24.7 Å². The average Bonchev–Trinajstić information content (AvgIpc) is 3.00. The van der Waals surface area contributed by atoms with Gasteiger partial charge in [0.1, 0.15) is 0 Å². The van der Waals surface area contributed by atoms with E-state index in [1.165, 1.54) is 37.9 Å². The van der Waals surface area contributed by atoms with Crippen molar-refractivity contribution in [3.63, 3.8) is 0 Å². The van der Waals surface area contributed by atoms with E-state index >= 15 is 0 Å². The Morgan fingerprint density at radius 2 is 0.850 bits per heavy atom. The Kier molecular flexibility index (Phi) is 7.93. The molecule has 0 heterocycles. The summed E-state index contributed by atoms with van der Waals surface area (Å²) in [7, 11) is -1.68. The zero-order valence-electron chi connectivity index (χ0n) is 23.1. The fraction of sp³-hybridized carbons (Fsp3) is 0.105.